The van der Waals surface area contributed by atoms with E-state index in [1.807, 2.05) is 42.5 Å². The van der Waals surface area contributed by atoms with Gasteiger partial charge in [-0.2, -0.15) is 5.10 Å². The standard InChI is InChI=1S/C24H20N4O5S/c1-33-21-12-9-19(10-13-21)27-34(31,32)24-15-20(28(29)30)11-14-23(24)26-25-16-18-7-4-6-17-5-2-3-8-22(17)18/h2-16,26-27H,1H3. The van der Waals surface area contributed by atoms with Crippen LogP contribution in [-0.4, -0.2) is 26.7 Å². The van der Waals surface area contributed by atoms with Crippen molar-refractivity contribution >= 4 is 44.1 Å². The van der Waals surface area contributed by atoms with Gasteiger partial charge in [0.05, 0.1) is 23.9 Å². The van der Waals surface area contributed by atoms with Gasteiger partial charge >= 0.3 is 0 Å². The molecule has 0 aliphatic carbocycles. The molecular formula is C24H20N4O5S. The number of hydrazone groups is 1. The number of hydrogen-bond donors (Lipinski definition) is 2. The van der Waals surface area contributed by atoms with Crippen molar-refractivity contribution in [2.45, 2.75) is 4.90 Å². The summed E-state index contributed by atoms with van der Waals surface area (Å²) in [6.45, 7) is 0. The van der Waals surface area contributed by atoms with Crippen molar-refractivity contribution in [1.82, 2.24) is 0 Å². The number of nitro benzene ring substituents is 1. The average Bonchev–Trinajstić information content (AvgIpc) is 2.84. The molecule has 0 fully saturated rings. The monoisotopic (exact) mass is 476 g/mol. The summed E-state index contributed by atoms with van der Waals surface area (Å²) < 4.78 is 33.7. The van der Waals surface area contributed by atoms with Crippen LogP contribution in [0.3, 0.4) is 0 Å². The zero-order valence-corrected chi connectivity index (χ0v) is 18.8. The van der Waals surface area contributed by atoms with Crippen LogP contribution in [0.2, 0.25) is 0 Å². The molecule has 4 aromatic carbocycles. The summed E-state index contributed by atoms with van der Waals surface area (Å²) in [5.41, 5.74) is 3.54. The predicted molar refractivity (Wildman–Crippen MR) is 132 cm³/mol. The van der Waals surface area contributed by atoms with Crippen LogP contribution in [0.1, 0.15) is 5.56 Å². The Bertz CT molecular complexity index is 1480. The van der Waals surface area contributed by atoms with E-state index in [0.717, 1.165) is 22.4 Å². The van der Waals surface area contributed by atoms with E-state index in [9.17, 15) is 18.5 Å². The van der Waals surface area contributed by atoms with Crippen molar-refractivity contribution in [1.29, 1.82) is 0 Å². The van der Waals surface area contributed by atoms with Crippen LogP contribution in [0.25, 0.3) is 10.8 Å². The molecule has 9 nitrogen and oxygen atoms in total. The van der Waals surface area contributed by atoms with Crippen molar-refractivity contribution in [3.8, 4) is 5.75 Å². The number of methoxy groups -OCH3 is 1. The van der Waals surface area contributed by atoms with E-state index in [4.69, 9.17) is 4.74 Å². The molecule has 172 valence electrons. The first-order chi connectivity index (χ1) is 16.4. The lowest BCUT2D eigenvalue weighted by Crippen LogP contribution is -2.15. The normalized spacial score (nSPS) is 11.4. The molecule has 0 atom stereocenters. The van der Waals surface area contributed by atoms with Gasteiger partial charge in [-0.3, -0.25) is 20.3 Å². The average molecular weight is 477 g/mol. The Balaban J connectivity index is 1.66. The Morgan fingerprint density at radius 3 is 2.44 bits per heavy atom. The third-order valence-corrected chi connectivity index (χ3v) is 6.44. The summed E-state index contributed by atoms with van der Waals surface area (Å²) in [5.74, 6) is 0.559. The van der Waals surface area contributed by atoms with Gasteiger partial charge in [0.15, 0.2) is 0 Å². The van der Waals surface area contributed by atoms with Gasteiger partial charge in [0, 0.05) is 23.4 Å². The highest BCUT2D eigenvalue weighted by Crippen LogP contribution is 2.29. The summed E-state index contributed by atoms with van der Waals surface area (Å²) >= 11 is 0. The molecule has 4 aromatic rings. The van der Waals surface area contributed by atoms with Crippen LogP contribution in [0.15, 0.2) is 94.9 Å². The molecule has 0 bridgehead atoms. The number of nitrogens with one attached hydrogen (secondary N) is 2. The molecule has 34 heavy (non-hydrogen) atoms. The molecule has 4 rings (SSSR count). The smallest absolute Gasteiger partial charge is 0.270 e. The fraction of sp³-hybridized carbons (Fsp3) is 0.0417. The number of benzene rings is 4. The first-order valence-electron chi connectivity index (χ1n) is 10.1. The number of rotatable bonds is 8. The number of hydrogen-bond acceptors (Lipinski definition) is 7. The van der Waals surface area contributed by atoms with Crippen LogP contribution >= 0.6 is 0 Å². The maximum atomic E-state index is 13.1. The quantitative estimate of drug-likeness (QED) is 0.209. The Hall–Kier alpha value is -4.44. The van der Waals surface area contributed by atoms with Gasteiger partial charge in [-0.25, -0.2) is 8.42 Å². The second-order valence-corrected chi connectivity index (χ2v) is 8.86. The molecule has 0 unspecified atom stereocenters. The summed E-state index contributed by atoms with van der Waals surface area (Å²) in [7, 11) is -2.68. The maximum absolute atomic E-state index is 13.1. The van der Waals surface area contributed by atoms with Crippen LogP contribution in [0, 0.1) is 10.1 Å². The number of ether oxygens (including phenoxy) is 1. The summed E-state index contributed by atoms with van der Waals surface area (Å²) in [5, 5.41) is 17.5. The van der Waals surface area contributed by atoms with E-state index in [1.165, 1.54) is 31.4 Å². The fourth-order valence-corrected chi connectivity index (χ4v) is 4.58. The van der Waals surface area contributed by atoms with Gasteiger partial charge < -0.3 is 4.74 Å². The van der Waals surface area contributed by atoms with E-state index in [1.54, 1.807) is 18.3 Å². The Morgan fingerprint density at radius 2 is 1.71 bits per heavy atom. The highest BCUT2D eigenvalue weighted by Gasteiger charge is 2.22. The minimum atomic E-state index is -4.18. The Morgan fingerprint density at radius 1 is 0.971 bits per heavy atom. The minimum absolute atomic E-state index is 0.0862. The Kier molecular flexibility index (Phi) is 6.42. The largest absolute Gasteiger partial charge is 0.497 e. The van der Waals surface area contributed by atoms with Gasteiger partial charge in [-0.15, -0.1) is 0 Å². The third kappa shape index (κ3) is 4.97. The van der Waals surface area contributed by atoms with E-state index >= 15 is 0 Å². The number of fused-ring (bicyclic) bond motifs is 1. The molecule has 0 amide bonds. The molecular weight excluding hydrogens is 456 g/mol. The van der Waals surface area contributed by atoms with Gasteiger partial charge in [0.25, 0.3) is 15.7 Å². The summed E-state index contributed by atoms with van der Waals surface area (Å²) in [4.78, 5) is 10.3. The molecule has 0 aliphatic rings. The van der Waals surface area contributed by atoms with Crippen LogP contribution in [-0.2, 0) is 10.0 Å². The van der Waals surface area contributed by atoms with Crippen molar-refractivity contribution < 1.29 is 18.1 Å². The summed E-state index contributed by atoms with van der Waals surface area (Å²) in [6, 6.07) is 23.3. The lowest BCUT2D eigenvalue weighted by molar-refractivity contribution is -0.385. The van der Waals surface area contributed by atoms with E-state index in [2.05, 4.69) is 15.2 Å². The molecule has 10 heteroatoms. The zero-order valence-electron chi connectivity index (χ0n) is 18.0. The fourth-order valence-electron chi connectivity index (χ4n) is 3.34. The number of anilines is 2. The summed E-state index contributed by atoms with van der Waals surface area (Å²) in [6.07, 6.45) is 1.57. The molecule has 0 saturated carbocycles. The molecule has 0 saturated heterocycles. The molecule has 0 heterocycles. The highest BCUT2D eigenvalue weighted by molar-refractivity contribution is 7.92. The Labute approximate surface area is 195 Å². The molecule has 2 N–H and O–H groups in total. The first kappa shape index (κ1) is 22.7. The first-order valence-corrected chi connectivity index (χ1v) is 11.6. The van der Waals surface area contributed by atoms with Crippen molar-refractivity contribution in [3.63, 3.8) is 0 Å². The lowest BCUT2D eigenvalue weighted by atomic mass is 10.1. The van der Waals surface area contributed by atoms with E-state index < -0.39 is 14.9 Å². The number of nitrogens with zero attached hydrogens (tertiary/aromatic N) is 2. The second-order valence-electron chi connectivity index (χ2n) is 7.21. The number of non-ortho nitro benzene ring substituents is 1. The maximum Gasteiger partial charge on any atom is 0.270 e. The van der Waals surface area contributed by atoms with Gasteiger partial charge in [-0.1, -0.05) is 42.5 Å². The molecule has 0 spiro atoms. The van der Waals surface area contributed by atoms with Crippen molar-refractivity contribution in [3.05, 3.63) is 101 Å². The van der Waals surface area contributed by atoms with Gasteiger partial charge in [0.2, 0.25) is 0 Å². The minimum Gasteiger partial charge on any atom is -0.497 e. The topological polar surface area (TPSA) is 123 Å². The molecule has 0 aromatic heterocycles. The van der Waals surface area contributed by atoms with Crippen LogP contribution in [0.4, 0.5) is 17.1 Å². The zero-order chi connectivity index (χ0) is 24.1. The van der Waals surface area contributed by atoms with Crippen molar-refractivity contribution in [2.75, 3.05) is 17.3 Å². The van der Waals surface area contributed by atoms with Gasteiger partial charge in [0.1, 0.15) is 10.6 Å². The number of sulfonamides is 1. The highest BCUT2D eigenvalue weighted by atomic mass is 32.2. The lowest BCUT2D eigenvalue weighted by Gasteiger charge is -2.12. The SMILES string of the molecule is COc1ccc(NS(=O)(=O)c2cc([N+](=O)[O-])ccc2NN=Cc2cccc3ccccc23)cc1. The van der Waals surface area contributed by atoms with E-state index in [0.29, 0.717) is 5.75 Å². The third-order valence-electron chi connectivity index (χ3n) is 5.02. The second kappa shape index (κ2) is 9.59. The molecule has 0 radical (unpaired) electrons. The van der Waals surface area contributed by atoms with Gasteiger partial charge in [-0.05, 0) is 41.1 Å². The predicted octanol–water partition coefficient (Wildman–Crippen LogP) is 5.00. The number of nitro groups is 1. The van der Waals surface area contributed by atoms with Crippen molar-refractivity contribution in [2.24, 2.45) is 5.10 Å². The molecule has 0 aliphatic heterocycles. The van der Waals surface area contributed by atoms with Crippen LogP contribution < -0.4 is 14.9 Å². The van der Waals surface area contributed by atoms with Crippen LogP contribution in [0.5, 0.6) is 5.75 Å². The van der Waals surface area contributed by atoms with E-state index in [-0.39, 0.29) is 22.0 Å².